The van der Waals surface area contributed by atoms with Gasteiger partial charge in [-0.15, -0.1) is 0 Å². The van der Waals surface area contributed by atoms with E-state index in [1.165, 1.54) is 38.5 Å². The Balaban J connectivity index is 0.0000120. The zero-order chi connectivity index (χ0) is 35.3. The molecule has 1 fully saturated rings. The number of rotatable bonds is 20. The summed E-state index contributed by atoms with van der Waals surface area (Å²) < 4.78 is 0. The van der Waals surface area contributed by atoms with Gasteiger partial charge in [0.2, 0.25) is 5.91 Å². The van der Waals surface area contributed by atoms with Crippen molar-refractivity contribution >= 4 is 35.5 Å². The molecule has 1 aliphatic rings. The topological polar surface area (TPSA) is 194 Å². The molecule has 0 aliphatic carbocycles. The zero-order valence-corrected chi connectivity index (χ0v) is 33.9. The monoisotopic (exact) mass is 854 g/mol. The van der Waals surface area contributed by atoms with Crippen molar-refractivity contribution in [2.45, 2.75) is 64.7 Å². The van der Waals surface area contributed by atoms with Crippen molar-refractivity contribution in [3.05, 3.63) is 29.8 Å². The van der Waals surface area contributed by atoms with Crippen LogP contribution in [-0.4, -0.2) is 134 Å². The van der Waals surface area contributed by atoms with E-state index in [4.69, 9.17) is 0 Å². The molecule has 2 rings (SSSR count). The molecule has 0 saturated carbocycles. The Labute approximate surface area is 350 Å². The summed E-state index contributed by atoms with van der Waals surface area (Å²) in [5.74, 6) is -5.89. The van der Waals surface area contributed by atoms with Crippen molar-refractivity contribution in [2.75, 3.05) is 90.0 Å². The summed E-state index contributed by atoms with van der Waals surface area (Å²) in [6, 6.07) is 7.22. The summed E-state index contributed by atoms with van der Waals surface area (Å²) in [4.78, 5) is 67.0. The normalized spacial score (nSPS) is 15.5. The standard InChI is InChI=1S/C34H55N5O9.Gd.Na/c1-2-3-4-5-6-7-8-9-10-28-11-13-29(14-12-28)39(27-34(47)48)30(40)23-35-15-17-36(24-31(41)42)19-21-38(26-33(45)46)22-20-37(18-16-35)25-32(43)44;;/h11-14H,2-10,15-27H2,1H3,(H,41,42)(H,43,44)(H,45,46)(H,47,48);;/q;+3;+1/p-4. The summed E-state index contributed by atoms with van der Waals surface area (Å²) in [7, 11) is 0. The quantitative estimate of drug-likeness (QED) is 0.0891. The zero-order valence-electron chi connectivity index (χ0n) is 29.6. The van der Waals surface area contributed by atoms with Crippen LogP contribution in [0.5, 0.6) is 0 Å². The van der Waals surface area contributed by atoms with Gasteiger partial charge in [-0.2, -0.15) is 0 Å². The van der Waals surface area contributed by atoms with Gasteiger partial charge in [0.15, 0.2) is 0 Å². The number of carboxylic acids is 4. The van der Waals surface area contributed by atoms with Crippen molar-refractivity contribution in [3.63, 3.8) is 0 Å². The van der Waals surface area contributed by atoms with Crippen molar-refractivity contribution in [1.29, 1.82) is 0 Å². The third-order valence-electron chi connectivity index (χ3n) is 8.50. The van der Waals surface area contributed by atoms with Gasteiger partial charge in [-0.25, -0.2) is 0 Å². The largest absolute Gasteiger partial charge is 3.00 e. The minimum atomic E-state index is -1.43. The van der Waals surface area contributed by atoms with Crippen LogP contribution >= 0.6 is 0 Å². The van der Waals surface area contributed by atoms with Crippen LogP contribution in [0.2, 0.25) is 0 Å². The van der Waals surface area contributed by atoms with Gasteiger partial charge in [-0.3, -0.25) is 24.4 Å². The number of amides is 1. The van der Waals surface area contributed by atoms with Crippen LogP contribution in [-0.2, 0) is 30.4 Å². The molecule has 14 nitrogen and oxygen atoms in total. The van der Waals surface area contributed by atoms with E-state index < -0.39 is 56.0 Å². The number of benzene rings is 1. The van der Waals surface area contributed by atoms with E-state index in [2.05, 4.69) is 6.92 Å². The number of aliphatic carboxylic acids is 4. The number of carbonyl (C=O) groups excluding carboxylic acids is 5. The van der Waals surface area contributed by atoms with Crippen molar-refractivity contribution in [2.24, 2.45) is 0 Å². The van der Waals surface area contributed by atoms with Crippen molar-refractivity contribution in [3.8, 4) is 0 Å². The Bertz CT molecular complexity index is 1130. The van der Waals surface area contributed by atoms with E-state index in [0.29, 0.717) is 5.69 Å². The maximum absolute atomic E-state index is 13.6. The van der Waals surface area contributed by atoms with Crippen molar-refractivity contribution in [1.82, 2.24) is 19.6 Å². The van der Waals surface area contributed by atoms with Gasteiger partial charge in [0.05, 0.1) is 37.0 Å². The maximum Gasteiger partial charge on any atom is 3.00 e. The van der Waals surface area contributed by atoms with E-state index >= 15 is 0 Å². The third-order valence-corrected chi connectivity index (χ3v) is 8.50. The molecule has 0 spiro atoms. The number of carbonyl (C=O) groups is 5. The Morgan fingerprint density at radius 1 is 0.560 bits per heavy atom. The fourth-order valence-electron chi connectivity index (χ4n) is 5.79. The number of nitrogens with zero attached hydrogens (tertiary/aromatic N) is 5. The van der Waals surface area contributed by atoms with Gasteiger partial charge in [-0.1, -0.05) is 64.0 Å². The number of aryl methyl sites for hydroxylation is 1. The van der Waals surface area contributed by atoms with Crippen LogP contribution in [0.15, 0.2) is 24.3 Å². The van der Waals surface area contributed by atoms with Gasteiger partial charge < -0.3 is 44.5 Å². The second kappa shape index (κ2) is 28.3. The number of hydrogen-bond donors (Lipinski definition) is 0. The number of unbranched alkanes of at least 4 members (excludes halogenated alkanes) is 7. The van der Waals surface area contributed by atoms with Crippen LogP contribution in [0, 0.1) is 39.9 Å². The molecule has 50 heavy (non-hydrogen) atoms. The van der Waals surface area contributed by atoms with Crippen LogP contribution in [0.25, 0.3) is 0 Å². The molecule has 1 aliphatic heterocycles. The Morgan fingerprint density at radius 2 is 0.920 bits per heavy atom. The van der Waals surface area contributed by atoms with Gasteiger partial charge in [0.1, 0.15) is 0 Å². The van der Waals surface area contributed by atoms with Gasteiger partial charge in [0.25, 0.3) is 0 Å². The molecule has 1 amide bonds. The second-order valence-electron chi connectivity index (χ2n) is 12.5. The number of anilines is 1. The summed E-state index contributed by atoms with van der Waals surface area (Å²) in [5.41, 5.74) is 1.50. The van der Waals surface area contributed by atoms with Crippen LogP contribution < -0.4 is 54.9 Å². The van der Waals surface area contributed by atoms with Gasteiger partial charge in [-0.05, 0) is 30.5 Å². The molecule has 1 saturated heterocycles. The van der Waals surface area contributed by atoms with E-state index in [1.807, 2.05) is 12.1 Å². The first-order valence-corrected chi connectivity index (χ1v) is 17.0. The van der Waals surface area contributed by atoms with Gasteiger partial charge in [0, 0.05) is 77.7 Å². The second-order valence-corrected chi connectivity index (χ2v) is 12.5. The average molecular weight is 854 g/mol. The minimum absolute atomic E-state index is 0. The molecule has 1 heterocycles. The first-order valence-electron chi connectivity index (χ1n) is 17.0. The SMILES string of the molecule is CCCCCCCCCCc1ccc(N(CC(=O)[O-])C(=O)CN2CCN(CC(=O)[O-])CCN(CC(=O)[O-])CCN(CC(=O)[O-])CC2)cc1.[Gd+3].[Na+]. The molecule has 0 atom stereocenters. The summed E-state index contributed by atoms with van der Waals surface area (Å²) in [5, 5.41) is 45.8. The average Bonchev–Trinajstić information content (AvgIpc) is 3.02. The van der Waals surface area contributed by atoms with E-state index in [1.54, 1.807) is 31.7 Å². The molecule has 0 aromatic heterocycles. The molecule has 275 valence electrons. The maximum atomic E-state index is 13.6. The molecule has 0 unspecified atom stereocenters. The number of hydrogen-bond acceptors (Lipinski definition) is 13. The summed E-state index contributed by atoms with van der Waals surface area (Å²) in [6.45, 7) is 1.50. The fraction of sp³-hybridized carbons (Fsp3) is 0.676. The molecule has 16 heteroatoms. The van der Waals surface area contributed by atoms with E-state index in [9.17, 15) is 44.4 Å². The molecular weight excluding hydrogens is 803 g/mol. The fourth-order valence-corrected chi connectivity index (χ4v) is 5.79. The number of carboxylic acid groups (broad SMARTS) is 4. The predicted octanol–water partition coefficient (Wildman–Crippen LogP) is -6.07. The third kappa shape index (κ3) is 21.9. The molecule has 1 radical (unpaired) electrons. The Hall–Kier alpha value is -1.27. The van der Waals surface area contributed by atoms with Crippen LogP contribution in [0.4, 0.5) is 5.69 Å². The van der Waals surface area contributed by atoms with Crippen LogP contribution in [0.1, 0.15) is 63.9 Å². The van der Waals surface area contributed by atoms with Crippen LogP contribution in [0.3, 0.4) is 0 Å². The molecule has 0 bridgehead atoms. The molecule has 1 aromatic carbocycles. The summed E-state index contributed by atoms with van der Waals surface area (Å²) >= 11 is 0. The van der Waals surface area contributed by atoms with Crippen molar-refractivity contribution < 1.29 is 114 Å². The Morgan fingerprint density at radius 3 is 1.28 bits per heavy atom. The predicted molar refractivity (Wildman–Crippen MR) is 171 cm³/mol. The first kappa shape index (κ1) is 48.7. The molecule has 0 N–H and O–H groups in total. The molecular formula is C34H51GdN5NaO9. The van der Waals surface area contributed by atoms with Gasteiger partial charge >= 0.3 is 69.5 Å². The summed E-state index contributed by atoms with van der Waals surface area (Å²) in [6.07, 6.45) is 10.6. The van der Waals surface area contributed by atoms with E-state index in [-0.39, 0.29) is 128 Å². The minimum Gasteiger partial charge on any atom is -0.549 e. The first-order chi connectivity index (χ1) is 23.0. The Kier molecular flexibility index (Phi) is 27.5. The smallest absolute Gasteiger partial charge is 0.549 e. The molecule has 1 aromatic rings. The van der Waals surface area contributed by atoms with E-state index in [0.717, 1.165) is 29.7 Å².